The zero-order valence-corrected chi connectivity index (χ0v) is 10.8. The van der Waals surface area contributed by atoms with Crippen LogP contribution in [0.1, 0.15) is 10.4 Å². The third-order valence-electron chi connectivity index (χ3n) is 2.32. The monoisotopic (exact) mass is 277 g/mol. The number of benzene rings is 1. The molecule has 0 amide bonds. The van der Waals surface area contributed by atoms with Gasteiger partial charge in [-0.15, -0.1) is 22.0 Å². The number of aromatic nitrogens is 2. The van der Waals surface area contributed by atoms with E-state index in [4.69, 9.17) is 5.11 Å². The lowest BCUT2D eigenvalue weighted by molar-refractivity contribution is 0.0692. The molecule has 1 heterocycles. The van der Waals surface area contributed by atoms with Crippen molar-refractivity contribution in [2.75, 3.05) is 11.6 Å². The number of aromatic carboxylic acids is 1. The molecule has 1 aromatic carbocycles. The Morgan fingerprint density at radius 1 is 1.26 bits per heavy atom. The number of nitrogens with one attached hydrogen (secondary N) is 1. The number of carboxylic acid groups (broad SMARTS) is 1. The van der Waals surface area contributed by atoms with E-state index in [-0.39, 0.29) is 11.3 Å². The van der Waals surface area contributed by atoms with Crippen LogP contribution >= 0.6 is 11.8 Å². The molecule has 0 saturated heterocycles. The van der Waals surface area contributed by atoms with Crippen LogP contribution in [0.5, 0.6) is 5.75 Å². The van der Waals surface area contributed by atoms with Crippen LogP contribution in [0.15, 0.2) is 35.4 Å². The zero-order chi connectivity index (χ0) is 13.8. The summed E-state index contributed by atoms with van der Waals surface area (Å²) in [5.74, 6) is -0.561. The van der Waals surface area contributed by atoms with E-state index in [1.165, 1.54) is 30.0 Å². The molecule has 2 aromatic rings. The van der Waals surface area contributed by atoms with Gasteiger partial charge in [-0.25, -0.2) is 4.79 Å². The summed E-state index contributed by atoms with van der Waals surface area (Å²) in [7, 11) is 0. The summed E-state index contributed by atoms with van der Waals surface area (Å²) >= 11 is 1.23. The Kier molecular flexibility index (Phi) is 3.86. The minimum atomic E-state index is -1.05. The Bertz CT molecular complexity index is 602. The van der Waals surface area contributed by atoms with Crippen molar-refractivity contribution >= 4 is 29.2 Å². The van der Waals surface area contributed by atoms with E-state index in [2.05, 4.69) is 15.5 Å². The van der Waals surface area contributed by atoms with Gasteiger partial charge in [-0.3, -0.25) is 0 Å². The third kappa shape index (κ3) is 3.14. The lowest BCUT2D eigenvalue weighted by atomic mass is 10.3. The summed E-state index contributed by atoms with van der Waals surface area (Å²) in [6.45, 7) is 0. The maximum atomic E-state index is 11.1. The second-order valence-corrected chi connectivity index (χ2v) is 4.42. The standard InChI is InChI=1S/C12H11N3O3S/c1-19-11-9(12(17)18)6-10(14-15-11)13-7-2-4-8(16)5-3-7/h2-6,16H,1H3,(H,13,14)(H,17,18). The van der Waals surface area contributed by atoms with E-state index in [1.807, 2.05) is 0 Å². The van der Waals surface area contributed by atoms with Gasteiger partial charge in [0.2, 0.25) is 0 Å². The quantitative estimate of drug-likeness (QED) is 0.583. The van der Waals surface area contributed by atoms with Crippen molar-refractivity contribution in [1.29, 1.82) is 0 Å². The number of carboxylic acids is 1. The molecule has 0 aliphatic carbocycles. The van der Waals surface area contributed by atoms with Crippen molar-refractivity contribution in [1.82, 2.24) is 10.2 Å². The Morgan fingerprint density at radius 2 is 1.95 bits per heavy atom. The van der Waals surface area contributed by atoms with Crippen molar-refractivity contribution in [3.63, 3.8) is 0 Å². The van der Waals surface area contributed by atoms with Crippen LogP contribution in [-0.2, 0) is 0 Å². The molecule has 19 heavy (non-hydrogen) atoms. The average molecular weight is 277 g/mol. The van der Waals surface area contributed by atoms with Crippen LogP contribution in [0.25, 0.3) is 0 Å². The van der Waals surface area contributed by atoms with Crippen LogP contribution in [0.3, 0.4) is 0 Å². The predicted octanol–water partition coefficient (Wildman–Crippen LogP) is 2.35. The highest BCUT2D eigenvalue weighted by Gasteiger charge is 2.13. The molecule has 6 nitrogen and oxygen atoms in total. The molecule has 3 N–H and O–H groups in total. The molecule has 0 aliphatic heterocycles. The molecule has 0 saturated carbocycles. The Morgan fingerprint density at radius 3 is 2.53 bits per heavy atom. The highest BCUT2D eigenvalue weighted by atomic mass is 32.2. The minimum absolute atomic E-state index is 0.101. The predicted molar refractivity (Wildman–Crippen MR) is 72.2 cm³/mol. The molecule has 0 spiro atoms. The Labute approximate surface area is 113 Å². The number of rotatable bonds is 4. The SMILES string of the molecule is CSc1nnc(Nc2ccc(O)cc2)cc1C(=O)O. The average Bonchev–Trinajstić information content (AvgIpc) is 2.41. The fourth-order valence-electron chi connectivity index (χ4n) is 1.44. The van der Waals surface area contributed by atoms with E-state index in [0.29, 0.717) is 16.5 Å². The smallest absolute Gasteiger partial charge is 0.338 e. The molecule has 0 fully saturated rings. The summed E-state index contributed by atoms with van der Waals surface area (Å²) in [6.07, 6.45) is 1.74. The maximum Gasteiger partial charge on any atom is 0.338 e. The largest absolute Gasteiger partial charge is 0.508 e. The molecular weight excluding hydrogens is 266 g/mol. The highest BCUT2D eigenvalue weighted by molar-refractivity contribution is 7.98. The van der Waals surface area contributed by atoms with Crippen molar-refractivity contribution in [3.8, 4) is 5.75 Å². The lowest BCUT2D eigenvalue weighted by Crippen LogP contribution is -2.05. The van der Waals surface area contributed by atoms with Crippen LogP contribution in [0.4, 0.5) is 11.5 Å². The third-order valence-corrected chi connectivity index (χ3v) is 3.01. The van der Waals surface area contributed by atoms with Crippen LogP contribution in [-0.4, -0.2) is 32.6 Å². The first kappa shape index (κ1) is 13.2. The molecule has 0 bridgehead atoms. The van der Waals surface area contributed by atoms with Crippen molar-refractivity contribution in [3.05, 3.63) is 35.9 Å². The molecule has 0 atom stereocenters. The molecule has 98 valence electrons. The van der Waals surface area contributed by atoms with E-state index in [0.717, 1.165) is 0 Å². The zero-order valence-electron chi connectivity index (χ0n) is 9.99. The second-order valence-electron chi connectivity index (χ2n) is 3.63. The van der Waals surface area contributed by atoms with Crippen LogP contribution in [0.2, 0.25) is 0 Å². The number of nitrogens with zero attached hydrogens (tertiary/aromatic N) is 2. The second kappa shape index (κ2) is 5.57. The Balaban J connectivity index is 2.28. The van der Waals surface area contributed by atoms with Crippen molar-refractivity contribution < 1.29 is 15.0 Å². The van der Waals surface area contributed by atoms with Gasteiger partial charge in [0.1, 0.15) is 10.8 Å². The number of phenolic OH excluding ortho intramolecular Hbond substituents is 1. The molecular formula is C12H11N3O3S. The number of phenols is 1. The molecule has 1 aromatic heterocycles. The van der Waals surface area contributed by atoms with Gasteiger partial charge in [-0.05, 0) is 36.6 Å². The van der Waals surface area contributed by atoms with E-state index in [1.54, 1.807) is 18.4 Å². The van der Waals surface area contributed by atoms with Crippen molar-refractivity contribution in [2.24, 2.45) is 0 Å². The first-order chi connectivity index (χ1) is 9.10. The van der Waals surface area contributed by atoms with Gasteiger partial charge in [0.25, 0.3) is 0 Å². The Hall–Kier alpha value is -2.28. The van der Waals surface area contributed by atoms with Gasteiger partial charge in [-0.1, -0.05) is 0 Å². The maximum absolute atomic E-state index is 11.1. The normalized spacial score (nSPS) is 10.2. The van der Waals surface area contributed by atoms with Crippen LogP contribution < -0.4 is 5.32 Å². The summed E-state index contributed by atoms with van der Waals surface area (Å²) in [6, 6.07) is 7.77. The van der Waals surface area contributed by atoms with Gasteiger partial charge in [0, 0.05) is 5.69 Å². The molecule has 0 unspecified atom stereocenters. The molecule has 0 aliphatic rings. The van der Waals surface area contributed by atoms with E-state index < -0.39 is 5.97 Å². The summed E-state index contributed by atoms with van der Waals surface area (Å²) < 4.78 is 0. The number of hydrogen-bond acceptors (Lipinski definition) is 6. The van der Waals surface area contributed by atoms with Crippen LogP contribution in [0, 0.1) is 0 Å². The molecule has 2 rings (SSSR count). The van der Waals surface area contributed by atoms with Gasteiger partial charge < -0.3 is 15.5 Å². The van der Waals surface area contributed by atoms with Gasteiger partial charge >= 0.3 is 5.97 Å². The lowest BCUT2D eigenvalue weighted by Gasteiger charge is -2.07. The topological polar surface area (TPSA) is 95.3 Å². The minimum Gasteiger partial charge on any atom is -0.508 e. The molecule has 0 radical (unpaired) electrons. The number of aromatic hydroxyl groups is 1. The van der Waals surface area contributed by atoms with E-state index >= 15 is 0 Å². The number of thioether (sulfide) groups is 1. The number of carbonyl (C=O) groups is 1. The number of hydrogen-bond donors (Lipinski definition) is 3. The fraction of sp³-hybridized carbons (Fsp3) is 0.0833. The summed E-state index contributed by atoms with van der Waals surface area (Å²) in [5, 5.41) is 29.3. The first-order valence-corrected chi connectivity index (χ1v) is 6.53. The fourth-order valence-corrected chi connectivity index (χ4v) is 1.93. The summed E-state index contributed by atoms with van der Waals surface area (Å²) in [4.78, 5) is 11.1. The number of anilines is 2. The van der Waals surface area contributed by atoms with E-state index in [9.17, 15) is 9.90 Å². The van der Waals surface area contributed by atoms with Crippen molar-refractivity contribution in [2.45, 2.75) is 5.03 Å². The van der Waals surface area contributed by atoms with Gasteiger partial charge in [0.05, 0.1) is 5.56 Å². The molecule has 7 heteroatoms. The van der Waals surface area contributed by atoms with Gasteiger partial charge in [0.15, 0.2) is 5.82 Å². The highest BCUT2D eigenvalue weighted by Crippen LogP contribution is 2.22. The first-order valence-electron chi connectivity index (χ1n) is 5.31. The summed E-state index contributed by atoms with van der Waals surface area (Å²) in [5.41, 5.74) is 0.782. The van der Waals surface area contributed by atoms with Gasteiger partial charge in [-0.2, -0.15) is 0 Å².